The molecule has 1 fully saturated rings. The molecule has 21 heavy (non-hydrogen) atoms. The maximum atomic E-state index is 12.5. The fraction of sp³-hybridized carbons (Fsp3) is 0.462. The minimum Gasteiger partial charge on any atom is -0.378 e. The topological polar surface area (TPSA) is 92.9 Å². The van der Waals surface area contributed by atoms with Crippen LogP contribution >= 0.6 is 0 Å². The van der Waals surface area contributed by atoms with Gasteiger partial charge < -0.3 is 9.64 Å². The fourth-order valence-electron chi connectivity index (χ4n) is 2.68. The first-order valence-electron chi connectivity index (χ1n) is 6.77. The molecule has 0 atom stereocenters. The number of rotatable bonds is 1. The number of amides is 2. The Morgan fingerprint density at radius 2 is 1.90 bits per heavy atom. The van der Waals surface area contributed by atoms with Gasteiger partial charge in [0.1, 0.15) is 0 Å². The van der Waals surface area contributed by atoms with E-state index < -0.39 is 10.0 Å². The number of morpholine rings is 1. The van der Waals surface area contributed by atoms with Gasteiger partial charge in [0.25, 0.3) is 0 Å². The monoisotopic (exact) mass is 311 g/mol. The predicted octanol–water partition coefficient (Wildman–Crippen LogP) is 0.149. The highest BCUT2D eigenvalue weighted by Crippen LogP contribution is 2.30. The molecule has 1 aromatic carbocycles. The van der Waals surface area contributed by atoms with E-state index in [4.69, 9.17) is 9.88 Å². The highest BCUT2D eigenvalue weighted by Gasteiger charge is 2.29. The zero-order chi connectivity index (χ0) is 15.0. The number of hydrogen-bond acceptors (Lipinski definition) is 4. The Labute approximate surface area is 123 Å². The lowest BCUT2D eigenvalue weighted by Crippen LogP contribution is -2.47. The average Bonchev–Trinajstić information content (AvgIpc) is 2.89. The van der Waals surface area contributed by atoms with E-state index >= 15 is 0 Å². The molecule has 2 amide bonds. The maximum Gasteiger partial charge on any atom is 0.324 e. The zero-order valence-electron chi connectivity index (χ0n) is 11.5. The Bertz CT molecular complexity index is 668. The molecule has 2 heterocycles. The van der Waals surface area contributed by atoms with Crippen LogP contribution in [0.3, 0.4) is 0 Å². The number of anilines is 1. The Balaban J connectivity index is 1.85. The molecule has 2 N–H and O–H groups in total. The van der Waals surface area contributed by atoms with Crippen LogP contribution in [0.25, 0.3) is 0 Å². The van der Waals surface area contributed by atoms with Crippen molar-refractivity contribution in [2.24, 2.45) is 5.14 Å². The first-order chi connectivity index (χ1) is 9.97. The van der Waals surface area contributed by atoms with Crippen LogP contribution in [-0.4, -0.2) is 52.2 Å². The number of ether oxygens (including phenoxy) is 1. The smallest absolute Gasteiger partial charge is 0.324 e. The molecule has 0 spiro atoms. The first-order valence-corrected chi connectivity index (χ1v) is 8.31. The molecule has 0 saturated carbocycles. The largest absolute Gasteiger partial charge is 0.378 e. The molecule has 1 aromatic rings. The van der Waals surface area contributed by atoms with E-state index in [0.717, 1.165) is 11.3 Å². The standard InChI is InChI=1S/C13H17N3O4S/c14-21(18,19)11-1-2-12-10(9-11)3-4-16(12)13(17)15-5-7-20-8-6-15/h1-2,9H,3-8H2,(H2,14,18,19). The Hall–Kier alpha value is -1.64. The summed E-state index contributed by atoms with van der Waals surface area (Å²) < 4.78 is 28.0. The second-order valence-corrected chi connectivity index (χ2v) is 6.68. The quantitative estimate of drug-likeness (QED) is 0.799. The number of nitrogens with zero attached hydrogens (tertiary/aromatic N) is 2. The van der Waals surface area contributed by atoms with Gasteiger partial charge in [-0.25, -0.2) is 18.4 Å². The number of carbonyl (C=O) groups is 1. The summed E-state index contributed by atoms with van der Waals surface area (Å²) in [4.78, 5) is 16.0. The number of fused-ring (bicyclic) bond motifs is 1. The molecule has 3 rings (SSSR count). The number of primary sulfonamides is 1. The van der Waals surface area contributed by atoms with Crippen molar-refractivity contribution in [1.82, 2.24) is 4.90 Å². The van der Waals surface area contributed by atoms with Gasteiger partial charge in [-0.15, -0.1) is 0 Å². The molecule has 2 aliphatic heterocycles. The van der Waals surface area contributed by atoms with Crippen LogP contribution < -0.4 is 10.0 Å². The third-order valence-electron chi connectivity index (χ3n) is 3.79. The predicted molar refractivity (Wildman–Crippen MR) is 76.7 cm³/mol. The van der Waals surface area contributed by atoms with Gasteiger partial charge in [-0.3, -0.25) is 4.90 Å². The molecular weight excluding hydrogens is 294 g/mol. The molecule has 1 saturated heterocycles. The Kier molecular flexibility index (Phi) is 3.60. The fourth-order valence-corrected chi connectivity index (χ4v) is 3.24. The van der Waals surface area contributed by atoms with Gasteiger partial charge in [0, 0.05) is 25.3 Å². The molecule has 0 aliphatic carbocycles. The molecule has 114 valence electrons. The van der Waals surface area contributed by atoms with E-state index in [1.807, 2.05) is 0 Å². The molecule has 2 aliphatic rings. The van der Waals surface area contributed by atoms with Gasteiger partial charge in [0.2, 0.25) is 10.0 Å². The van der Waals surface area contributed by atoms with Crippen molar-refractivity contribution in [1.29, 1.82) is 0 Å². The molecular formula is C13H17N3O4S. The van der Waals surface area contributed by atoms with Crippen LogP contribution in [-0.2, 0) is 21.2 Å². The van der Waals surface area contributed by atoms with Crippen molar-refractivity contribution >= 4 is 21.7 Å². The van der Waals surface area contributed by atoms with Crippen LogP contribution in [0.4, 0.5) is 10.5 Å². The number of urea groups is 1. The summed E-state index contributed by atoms with van der Waals surface area (Å²) >= 11 is 0. The van der Waals surface area contributed by atoms with E-state index in [9.17, 15) is 13.2 Å². The van der Waals surface area contributed by atoms with Crippen LogP contribution in [0, 0.1) is 0 Å². The summed E-state index contributed by atoms with van der Waals surface area (Å²) in [6, 6.07) is 4.59. The van der Waals surface area contributed by atoms with Crippen LogP contribution in [0.15, 0.2) is 23.1 Å². The van der Waals surface area contributed by atoms with Crippen molar-refractivity contribution in [3.8, 4) is 0 Å². The van der Waals surface area contributed by atoms with Crippen molar-refractivity contribution < 1.29 is 17.9 Å². The minimum atomic E-state index is -3.71. The molecule has 0 aromatic heterocycles. The van der Waals surface area contributed by atoms with Crippen LogP contribution in [0.5, 0.6) is 0 Å². The highest BCUT2D eigenvalue weighted by atomic mass is 32.2. The van der Waals surface area contributed by atoms with E-state index in [1.165, 1.54) is 6.07 Å². The molecule has 7 nitrogen and oxygen atoms in total. The SMILES string of the molecule is NS(=O)(=O)c1ccc2c(c1)CCN2C(=O)N1CCOCC1. The van der Waals surface area contributed by atoms with Gasteiger partial charge in [0.15, 0.2) is 0 Å². The highest BCUT2D eigenvalue weighted by molar-refractivity contribution is 7.89. The lowest BCUT2D eigenvalue weighted by atomic mass is 10.2. The summed E-state index contributed by atoms with van der Waals surface area (Å²) in [7, 11) is -3.71. The number of sulfonamides is 1. The summed E-state index contributed by atoms with van der Waals surface area (Å²) in [5, 5.41) is 5.13. The van der Waals surface area contributed by atoms with Gasteiger partial charge in [-0.2, -0.15) is 0 Å². The van der Waals surface area contributed by atoms with Crippen molar-refractivity contribution in [2.75, 3.05) is 37.7 Å². The van der Waals surface area contributed by atoms with Gasteiger partial charge >= 0.3 is 6.03 Å². The third kappa shape index (κ3) is 2.74. The number of carbonyl (C=O) groups excluding carboxylic acids is 1. The Morgan fingerprint density at radius 1 is 1.19 bits per heavy atom. The van der Waals surface area contributed by atoms with Gasteiger partial charge in [-0.05, 0) is 30.2 Å². The van der Waals surface area contributed by atoms with Crippen LogP contribution in [0.2, 0.25) is 0 Å². The van der Waals surface area contributed by atoms with Crippen molar-refractivity contribution in [3.05, 3.63) is 23.8 Å². The molecule has 8 heteroatoms. The summed E-state index contributed by atoms with van der Waals surface area (Å²) in [5.41, 5.74) is 1.60. The minimum absolute atomic E-state index is 0.0552. The lowest BCUT2D eigenvalue weighted by Gasteiger charge is -2.31. The third-order valence-corrected chi connectivity index (χ3v) is 4.70. The summed E-state index contributed by atoms with van der Waals surface area (Å²) in [5.74, 6) is 0. The zero-order valence-corrected chi connectivity index (χ0v) is 12.3. The molecule has 0 unspecified atom stereocenters. The maximum absolute atomic E-state index is 12.5. The van der Waals surface area contributed by atoms with E-state index in [0.29, 0.717) is 39.3 Å². The number of hydrogen-bond donors (Lipinski definition) is 1. The Morgan fingerprint density at radius 3 is 2.57 bits per heavy atom. The second-order valence-electron chi connectivity index (χ2n) is 5.12. The molecule has 0 bridgehead atoms. The summed E-state index contributed by atoms with van der Waals surface area (Å²) in [6.07, 6.45) is 0.634. The number of nitrogens with two attached hydrogens (primary N) is 1. The van der Waals surface area contributed by atoms with E-state index in [1.54, 1.807) is 21.9 Å². The van der Waals surface area contributed by atoms with E-state index in [-0.39, 0.29) is 10.9 Å². The van der Waals surface area contributed by atoms with Crippen LogP contribution in [0.1, 0.15) is 5.56 Å². The van der Waals surface area contributed by atoms with Crippen molar-refractivity contribution in [3.63, 3.8) is 0 Å². The second kappa shape index (κ2) is 5.28. The van der Waals surface area contributed by atoms with Gasteiger partial charge in [0.05, 0.1) is 18.1 Å². The molecule has 0 radical (unpaired) electrons. The first kappa shape index (κ1) is 14.3. The average molecular weight is 311 g/mol. The van der Waals surface area contributed by atoms with Gasteiger partial charge in [-0.1, -0.05) is 0 Å². The lowest BCUT2D eigenvalue weighted by molar-refractivity contribution is 0.0550. The summed E-state index contributed by atoms with van der Waals surface area (Å²) in [6.45, 7) is 2.83. The normalized spacial score (nSPS) is 18.7. The van der Waals surface area contributed by atoms with Crippen molar-refractivity contribution in [2.45, 2.75) is 11.3 Å². The van der Waals surface area contributed by atoms with E-state index in [2.05, 4.69) is 0 Å². The number of benzene rings is 1.